The Morgan fingerprint density at radius 2 is 2.08 bits per heavy atom. The smallest absolute Gasteiger partial charge is 0.285 e. The van der Waals surface area contributed by atoms with Crippen molar-refractivity contribution >= 4 is 11.6 Å². The molecule has 0 fully saturated rings. The fourth-order valence-electron chi connectivity index (χ4n) is 2.14. The number of methoxy groups -OCH3 is 1. The van der Waals surface area contributed by atoms with E-state index >= 15 is 0 Å². The van der Waals surface area contributed by atoms with Gasteiger partial charge in [-0.25, -0.2) is 4.39 Å². The first-order valence-corrected chi connectivity index (χ1v) is 6.75. The van der Waals surface area contributed by atoms with E-state index in [0.29, 0.717) is 17.4 Å². The van der Waals surface area contributed by atoms with Crippen molar-refractivity contribution < 1.29 is 18.8 Å². The molecule has 1 atom stereocenters. The van der Waals surface area contributed by atoms with Gasteiger partial charge in [-0.3, -0.25) is 14.9 Å². The number of nitriles is 1. The van der Waals surface area contributed by atoms with Gasteiger partial charge in [-0.1, -0.05) is 18.2 Å². The summed E-state index contributed by atoms with van der Waals surface area (Å²) in [6.07, 6.45) is 0. The highest BCUT2D eigenvalue weighted by molar-refractivity contribution is 5.98. The van der Waals surface area contributed by atoms with E-state index < -0.39 is 28.4 Å². The third kappa shape index (κ3) is 3.47. The molecule has 8 heteroatoms. The van der Waals surface area contributed by atoms with Crippen LogP contribution < -0.4 is 10.1 Å². The molecule has 1 amide bonds. The van der Waals surface area contributed by atoms with Crippen LogP contribution in [0.4, 0.5) is 10.1 Å². The van der Waals surface area contributed by atoms with Gasteiger partial charge in [-0.05, 0) is 18.2 Å². The summed E-state index contributed by atoms with van der Waals surface area (Å²) in [7, 11) is 1.42. The van der Waals surface area contributed by atoms with Crippen molar-refractivity contribution in [1.82, 2.24) is 5.32 Å². The molecule has 0 aliphatic carbocycles. The summed E-state index contributed by atoms with van der Waals surface area (Å²) >= 11 is 0. The average Bonchev–Trinajstić information content (AvgIpc) is 2.59. The highest BCUT2D eigenvalue weighted by Crippen LogP contribution is 2.26. The zero-order valence-electron chi connectivity index (χ0n) is 12.5. The Bertz CT molecular complexity index is 832. The minimum Gasteiger partial charge on any atom is -0.496 e. The SMILES string of the molecule is COc1ccccc1[C@@H](C#N)NC(=O)c1ccc(F)cc1[N+](=O)[O-]. The van der Waals surface area contributed by atoms with Crippen molar-refractivity contribution in [3.8, 4) is 11.8 Å². The number of carbonyl (C=O) groups is 1. The van der Waals surface area contributed by atoms with Gasteiger partial charge in [0.05, 0.1) is 24.2 Å². The molecule has 0 radical (unpaired) electrons. The maximum atomic E-state index is 13.2. The molecule has 0 aromatic heterocycles. The molecule has 0 saturated heterocycles. The van der Waals surface area contributed by atoms with Gasteiger partial charge in [-0.15, -0.1) is 0 Å². The first kappa shape index (κ1) is 16.9. The van der Waals surface area contributed by atoms with Crippen LogP contribution in [-0.2, 0) is 0 Å². The Kier molecular flexibility index (Phi) is 5.06. The maximum absolute atomic E-state index is 13.2. The second-order valence-corrected chi connectivity index (χ2v) is 4.70. The number of halogens is 1. The molecule has 0 unspecified atom stereocenters. The Morgan fingerprint density at radius 3 is 2.71 bits per heavy atom. The van der Waals surface area contributed by atoms with E-state index in [-0.39, 0.29) is 5.56 Å². The molecule has 7 nitrogen and oxygen atoms in total. The molecular formula is C16H12FN3O4. The van der Waals surface area contributed by atoms with Crippen molar-refractivity contribution in [2.45, 2.75) is 6.04 Å². The minimum absolute atomic E-state index is 0.337. The number of nitrogens with one attached hydrogen (secondary N) is 1. The van der Waals surface area contributed by atoms with Crippen LogP contribution in [0, 0.1) is 27.3 Å². The van der Waals surface area contributed by atoms with E-state index in [2.05, 4.69) is 5.32 Å². The van der Waals surface area contributed by atoms with Gasteiger partial charge in [0.2, 0.25) is 0 Å². The first-order chi connectivity index (χ1) is 11.5. The van der Waals surface area contributed by atoms with Gasteiger partial charge in [0.15, 0.2) is 0 Å². The number of carbonyl (C=O) groups excluding carboxylic acids is 1. The molecule has 0 aliphatic heterocycles. The van der Waals surface area contributed by atoms with Gasteiger partial charge in [0.25, 0.3) is 11.6 Å². The number of nitro groups is 1. The summed E-state index contributed by atoms with van der Waals surface area (Å²) in [5.74, 6) is -1.31. The summed E-state index contributed by atoms with van der Waals surface area (Å²) in [6.45, 7) is 0. The van der Waals surface area contributed by atoms with Gasteiger partial charge >= 0.3 is 0 Å². The summed E-state index contributed by atoms with van der Waals surface area (Å²) in [4.78, 5) is 22.4. The molecule has 0 aliphatic rings. The lowest BCUT2D eigenvalue weighted by molar-refractivity contribution is -0.385. The summed E-state index contributed by atoms with van der Waals surface area (Å²) in [6, 6.07) is 9.97. The molecule has 24 heavy (non-hydrogen) atoms. The van der Waals surface area contributed by atoms with Crippen LogP contribution in [0.15, 0.2) is 42.5 Å². The van der Waals surface area contributed by atoms with Crippen molar-refractivity contribution in [2.75, 3.05) is 7.11 Å². The van der Waals surface area contributed by atoms with Crippen LogP contribution in [0.3, 0.4) is 0 Å². The Morgan fingerprint density at radius 1 is 1.38 bits per heavy atom. The van der Waals surface area contributed by atoms with E-state index in [1.165, 1.54) is 7.11 Å². The average molecular weight is 329 g/mol. The number of hydrogen-bond donors (Lipinski definition) is 1. The Balaban J connectivity index is 2.35. The lowest BCUT2D eigenvalue weighted by Gasteiger charge is -2.15. The van der Waals surface area contributed by atoms with Crippen LogP contribution in [0.2, 0.25) is 0 Å². The predicted octanol–water partition coefficient (Wildman–Crippen LogP) is 2.74. The number of para-hydroxylation sites is 1. The molecule has 0 saturated carbocycles. The van der Waals surface area contributed by atoms with E-state index in [0.717, 1.165) is 12.1 Å². The maximum Gasteiger partial charge on any atom is 0.285 e. The van der Waals surface area contributed by atoms with E-state index in [9.17, 15) is 24.6 Å². The van der Waals surface area contributed by atoms with E-state index in [1.807, 2.05) is 6.07 Å². The molecule has 0 bridgehead atoms. The minimum atomic E-state index is -1.08. The molecule has 2 aromatic carbocycles. The number of amides is 1. The van der Waals surface area contributed by atoms with Crippen LogP contribution in [-0.4, -0.2) is 17.9 Å². The van der Waals surface area contributed by atoms with Crippen LogP contribution >= 0.6 is 0 Å². The van der Waals surface area contributed by atoms with Crippen molar-refractivity contribution in [3.63, 3.8) is 0 Å². The van der Waals surface area contributed by atoms with Crippen LogP contribution in [0.25, 0.3) is 0 Å². The summed E-state index contributed by atoms with van der Waals surface area (Å²) < 4.78 is 18.3. The highest BCUT2D eigenvalue weighted by atomic mass is 19.1. The number of hydrogen-bond acceptors (Lipinski definition) is 5. The molecule has 1 N–H and O–H groups in total. The number of ether oxygens (including phenoxy) is 1. The lowest BCUT2D eigenvalue weighted by atomic mass is 10.1. The number of benzene rings is 2. The van der Waals surface area contributed by atoms with Gasteiger partial charge < -0.3 is 10.1 Å². The molecule has 122 valence electrons. The lowest BCUT2D eigenvalue weighted by Crippen LogP contribution is -2.28. The van der Waals surface area contributed by atoms with Crippen LogP contribution in [0.5, 0.6) is 5.75 Å². The van der Waals surface area contributed by atoms with Crippen molar-refractivity contribution in [3.05, 3.63) is 69.5 Å². The zero-order chi connectivity index (χ0) is 17.7. The first-order valence-electron chi connectivity index (χ1n) is 6.75. The third-order valence-corrected chi connectivity index (χ3v) is 3.26. The number of nitrogens with zero attached hydrogens (tertiary/aromatic N) is 2. The molecular weight excluding hydrogens is 317 g/mol. The van der Waals surface area contributed by atoms with Crippen molar-refractivity contribution in [2.24, 2.45) is 0 Å². The van der Waals surface area contributed by atoms with Gasteiger partial charge in [0, 0.05) is 5.56 Å². The predicted molar refractivity (Wildman–Crippen MR) is 81.9 cm³/mol. The van der Waals surface area contributed by atoms with Gasteiger partial charge in [-0.2, -0.15) is 5.26 Å². The normalized spacial score (nSPS) is 11.2. The van der Waals surface area contributed by atoms with Crippen molar-refractivity contribution in [1.29, 1.82) is 5.26 Å². The molecule has 2 rings (SSSR count). The van der Waals surface area contributed by atoms with Crippen LogP contribution in [0.1, 0.15) is 22.0 Å². The highest BCUT2D eigenvalue weighted by Gasteiger charge is 2.24. The molecule has 2 aromatic rings. The topological polar surface area (TPSA) is 105 Å². The van der Waals surface area contributed by atoms with Gasteiger partial charge in [0.1, 0.15) is 23.2 Å². The largest absolute Gasteiger partial charge is 0.496 e. The van der Waals surface area contributed by atoms with E-state index in [4.69, 9.17) is 4.74 Å². The summed E-state index contributed by atoms with van der Waals surface area (Å²) in [5, 5.41) is 22.7. The number of nitro benzene ring substituents is 1. The molecule has 0 heterocycles. The zero-order valence-corrected chi connectivity index (χ0v) is 12.5. The number of rotatable bonds is 5. The van der Waals surface area contributed by atoms with E-state index in [1.54, 1.807) is 24.3 Å². The second kappa shape index (κ2) is 7.19. The monoisotopic (exact) mass is 329 g/mol. The third-order valence-electron chi connectivity index (χ3n) is 3.26. The summed E-state index contributed by atoms with van der Waals surface area (Å²) in [5.41, 5.74) is -0.610. The standard InChI is InChI=1S/C16H12FN3O4/c1-24-15-5-3-2-4-11(15)13(9-18)19-16(21)12-7-6-10(17)8-14(12)20(22)23/h2-8,13H,1H3,(H,19,21)/t13-/m1/s1. The fraction of sp³-hybridized carbons (Fsp3) is 0.125. The Labute approximate surface area is 136 Å². The quantitative estimate of drug-likeness (QED) is 0.670. The second-order valence-electron chi connectivity index (χ2n) is 4.70. The fourth-order valence-corrected chi connectivity index (χ4v) is 2.14. The Hall–Kier alpha value is -3.47. The molecule has 0 spiro atoms.